The van der Waals surface area contributed by atoms with Gasteiger partial charge in [0.2, 0.25) is 0 Å². The van der Waals surface area contributed by atoms with Crippen LogP contribution in [0.25, 0.3) is 0 Å². The van der Waals surface area contributed by atoms with Crippen LogP contribution in [0.2, 0.25) is 0 Å². The Morgan fingerprint density at radius 3 is 1.96 bits per heavy atom. The van der Waals surface area contributed by atoms with E-state index in [2.05, 4.69) is 77.6 Å². The van der Waals surface area contributed by atoms with Gasteiger partial charge in [-0.1, -0.05) is 31.2 Å². The quantitative estimate of drug-likeness (QED) is 0.794. The van der Waals surface area contributed by atoms with Crippen LogP contribution in [0.4, 0.5) is 0 Å². The lowest BCUT2D eigenvalue weighted by molar-refractivity contribution is 0.00578. The van der Waals surface area contributed by atoms with E-state index in [4.69, 9.17) is 9.31 Å². The van der Waals surface area contributed by atoms with Gasteiger partial charge >= 0.3 is 7.12 Å². The van der Waals surface area contributed by atoms with Crippen molar-refractivity contribution in [3.8, 4) is 0 Å². The fourth-order valence-corrected chi connectivity index (χ4v) is 3.69. The lowest BCUT2D eigenvalue weighted by atomic mass is 9.75. The van der Waals surface area contributed by atoms with E-state index < -0.39 is 0 Å². The lowest BCUT2D eigenvalue weighted by Crippen LogP contribution is -2.41. The number of nitrogens with zero attached hydrogens (tertiary/aromatic N) is 1. The number of likely N-dealkylation sites (tertiary alicyclic amines) is 1. The second-order valence-corrected chi connectivity index (χ2v) is 9.09. The third kappa shape index (κ3) is 3.04. The summed E-state index contributed by atoms with van der Waals surface area (Å²) in [5, 5.41) is 0. The van der Waals surface area contributed by atoms with Crippen LogP contribution in [-0.4, -0.2) is 42.4 Å². The van der Waals surface area contributed by atoms with Crippen LogP contribution in [0.1, 0.15) is 60.5 Å². The third-order valence-electron chi connectivity index (χ3n) is 6.37. The summed E-state index contributed by atoms with van der Waals surface area (Å²) >= 11 is 0. The highest BCUT2D eigenvalue weighted by Crippen LogP contribution is 2.37. The number of hydrogen-bond acceptors (Lipinski definition) is 3. The Balaban J connectivity index is 1.75. The first-order chi connectivity index (χ1) is 11.0. The molecule has 0 N–H and O–H groups in total. The molecule has 1 atom stereocenters. The zero-order valence-electron chi connectivity index (χ0n) is 16.3. The predicted molar refractivity (Wildman–Crippen MR) is 101 cm³/mol. The molecule has 1 aromatic rings. The summed E-state index contributed by atoms with van der Waals surface area (Å²) in [6, 6.07) is 9.52. The highest BCUT2D eigenvalue weighted by Gasteiger charge is 2.51. The average Bonchev–Trinajstić information content (AvgIpc) is 2.99. The standard InChI is InChI=1S/C20H32BNO2/c1-15(2)22-13-12-20(7,14-22)16-8-10-17(11-9-16)21-23-18(3,4)19(5,6)24-21/h8-11,15H,12-14H2,1-7H3/t20-/m0/s1. The Labute approximate surface area is 147 Å². The lowest BCUT2D eigenvalue weighted by Gasteiger charge is -2.32. The molecule has 0 unspecified atom stereocenters. The Hall–Kier alpha value is -0.835. The first-order valence-electron chi connectivity index (χ1n) is 9.24. The largest absolute Gasteiger partial charge is 0.494 e. The number of rotatable bonds is 3. The van der Waals surface area contributed by atoms with E-state index in [9.17, 15) is 0 Å². The minimum atomic E-state index is -0.286. The Morgan fingerprint density at radius 2 is 1.50 bits per heavy atom. The van der Waals surface area contributed by atoms with Gasteiger partial charge in [0.25, 0.3) is 0 Å². The first kappa shape index (κ1) is 18.0. The maximum absolute atomic E-state index is 6.16. The predicted octanol–water partition coefficient (Wildman–Crippen LogP) is 3.36. The van der Waals surface area contributed by atoms with E-state index >= 15 is 0 Å². The normalized spacial score (nSPS) is 29.6. The molecule has 1 aromatic carbocycles. The van der Waals surface area contributed by atoms with Crippen LogP contribution in [0.5, 0.6) is 0 Å². The zero-order chi connectivity index (χ0) is 17.8. The average molecular weight is 329 g/mol. The molecule has 2 heterocycles. The molecule has 132 valence electrons. The van der Waals surface area contributed by atoms with Crippen molar-refractivity contribution in [2.24, 2.45) is 0 Å². The highest BCUT2D eigenvalue weighted by molar-refractivity contribution is 6.62. The van der Waals surface area contributed by atoms with Gasteiger partial charge in [-0.15, -0.1) is 0 Å². The molecule has 0 amide bonds. The monoisotopic (exact) mass is 329 g/mol. The molecule has 2 aliphatic heterocycles. The summed E-state index contributed by atoms with van der Waals surface area (Å²) in [6.45, 7) is 17.7. The van der Waals surface area contributed by atoms with Crippen molar-refractivity contribution in [1.82, 2.24) is 4.90 Å². The smallest absolute Gasteiger partial charge is 0.399 e. The van der Waals surface area contributed by atoms with Crippen LogP contribution in [0.15, 0.2) is 24.3 Å². The van der Waals surface area contributed by atoms with Crippen molar-refractivity contribution in [3.05, 3.63) is 29.8 Å². The fraction of sp³-hybridized carbons (Fsp3) is 0.700. The third-order valence-corrected chi connectivity index (χ3v) is 6.37. The molecule has 4 heteroatoms. The molecule has 3 rings (SSSR count). The van der Waals surface area contributed by atoms with Crippen molar-refractivity contribution in [1.29, 1.82) is 0 Å². The SMILES string of the molecule is CC(C)N1CC[C@](C)(c2ccc(B3OC(C)(C)C(C)(C)O3)cc2)C1. The second-order valence-electron chi connectivity index (χ2n) is 9.09. The van der Waals surface area contributed by atoms with Gasteiger partial charge in [-0.3, -0.25) is 0 Å². The topological polar surface area (TPSA) is 21.7 Å². The van der Waals surface area contributed by atoms with E-state index in [1.807, 2.05) is 0 Å². The zero-order valence-corrected chi connectivity index (χ0v) is 16.3. The summed E-state index contributed by atoms with van der Waals surface area (Å²) in [6.07, 6.45) is 1.22. The van der Waals surface area contributed by atoms with Gasteiger partial charge in [0.15, 0.2) is 0 Å². The molecular weight excluding hydrogens is 297 g/mol. The first-order valence-corrected chi connectivity index (χ1v) is 9.24. The summed E-state index contributed by atoms with van der Waals surface area (Å²) in [5.41, 5.74) is 2.21. The van der Waals surface area contributed by atoms with Crippen LogP contribution in [-0.2, 0) is 14.7 Å². The maximum atomic E-state index is 6.16. The second kappa shape index (κ2) is 5.86. The van der Waals surface area contributed by atoms with E-state index in [1.165, 1.54) is 18.5 Å². The summed E-state index contributed by atoms with van der Waals surface area (Å²) in [5.74, 6) is 0. The summed E-state index contributed by atoms with van der Waals surface area (Å²) in [7, 11) is -0.271. The number of hydrogen-bond donors (Lipinski definition) is 0. The minimum absolute atomic E-state index is 0.249. The van der Waals surface area contributed by atoms with E-state index in [0.717, 1.165) is 12.0 Å². The molecule has 0 saturated carbocycles. The van der Waals surface area contributed by atoms with Crippen molar-refractivity contribution >= 4 is 12.6 Å². The van der Waals surface area contributed by atoms with Gasteiger partial charge < -0.3 is 14.2 Å². The molecule has 2 saturated heterocycles. The van der Waals surface area contributed by atoms with Gasteiger partial charge in [0, 0.05) is 18.0 Å². The van der Waals surface area contributed by atoms with E-state index in [1.54, 1.807) is 0 Å². The van der Waals surface area contributed by atoms with E-state index in [-0.39, 0.29) is 23.7 Å². The molecule has 0 aliphatic carbocycles. The molecule has 0 spiro atoms. The fourth-order valence-electron chi connectivity index (χ4n) is 3.69. The van der Waals surface area contributed by atoms with Crippen LogP contribution in [0.3, 0.4) is 0 Å². The molecule has 0 bridgehead atoms. The van der Waals surface area contributed by atoms with Crippen molar-refractivity contribution in [2.75, 3.05) is 13.1 Å². The molecule has 0 radical (unpaired) electrons. The Bertz CT molecular complexity index is 580. The molecular formula is C20H32BNO2. The number of benzene rings is 1. The minimum Gasteiger partial charge on any atom is -0.399 e. The van der Waals surface area contributed by atoms with Gasteiger partial charge in [-0.25, -0.2) is 0 Å². The summed E-state index contributed by atoms with van der Waals surface area (Å²) < 4.78 is 12.3. The molecule has 3 nitrogen and oxygen atoms in total. The van der Waals surface area contributed by atoms with Crippen LogP contribution < -0.4 is 5.46 Å². The maximum Gasteiger partial charge on any atom is 0.494 e. The van der Waals surface area contributed by atoms with Gasteiger partial charge in [-0.2, -0.15) is 0 Å². The van der Waals surface area contributed by atoms with Crippen molar-refractivity contribution < 1.29 is 9.31 Å². The van der Waals surface area contributed by atoms with Crippen molar-refractivity contribution in [3.63, 3.8) is 0 Å². The van der Waals surface area contributed by atoms with Crippen LogP contribution in [0, 0.1) is 0 Å². The molecule has 0 aromatic heterocycles. The van der Waals surface area contributed by atoms with Crippen molar-refractivity contribution in [2.45, 2.75) is 77.5 Å². The van der Waals surface area contributed by atoms with Crippen LogP contribution >= 0.6 is 0 Å². The van der Waals surface area contributed by atoms with Gasteiger partial charge in [0.1, 0.15) is 0 Å². The Kier molecular flexibility index (Phi) is 4.39. The van der Waals surface area contributed by atoms with E-state index in [0.29, 0.717) is 6.04 Å². The summed E-state index contributed by atoms with van der Waals surface area (Å²) in [4.78, 5) is 2.57. The molecule has 2 aliphatic rings. The molecule has 24 heavy (non-hydrogen) atoms. The molecule has 2 fully saturated rings. The Morgan fingerprint density at radius 1 is 0.958 bits per heavy atom. The highest BCUT2D eigenvalue weighted by atomic mass is 16.7. The van der Waals surface area contributed by atoms with Gasteiger partial charge in [0.05, 0.1) is 11.2 Å². The van der Waals surface area contributed by atoms with Gasteiger partial charge in [-0.05, 0) is 65.5 Å².